The minimum Gasteiger partial charge on any atom is -0.744 e. The van der Waals surface area contributed by atoms with Gasteiger partial charge in [0.05, 0.1) is 9.79 Å². The molecule has 0 atom stereocenters. The zero-order valence-corrected chi connectivity index (χ0v) is 14.8. The fourth-order valence-corrected chi connectivity index (χ4v) is 3.09. The van der Waals surface area contributed by atoms with Crippen LogP contribution in [0.1, 0.15) is 11.1 Å². The molecular weight excluding hydrogens is 392 g/mol. The van der Waals surface area contributed by atoms with E-state index in [1.165, 1.54) is 24.3 Å². The number of rotatable bonds is 2. The van der Waals surface area contributed by atoms with Crippen molar-refractivity contribution in [3.05, 3.63) is 59.7 Å². The minimum absolute atomic E-state index is 0. The fourth-order valence-electron chi connectivity index (χ4n) is 1.67. The Morgan fingerprint density at radius 1 is 0.652 bits per heavy atom. The molecule has 6 nitrogen and oxygen atoms in total. The molecule has 0 fully saturated rings. The Kier molecular flexibility index (Phi) is 8.13. The monoisotopic (exact) mass is 405 g/mol. The summed E-state index contributed by atoms with van der Waals surface area (Å²) in [4.78, 5) is -0.278. The van der Waals surface area contributed by atoms with E-state index < -0.39 is 20.2 Å². The smallest absolute Gasteiger partial charge is 0.744 e. The zero-order chi connectivity index (χ0) is 17.0. The largest absolute Gasteiger partial charge is 2.00 e. The van der Waals surface area contributed by atoms with Gasteiger partial charge in [0.1, 0.15) is 20.2 Å². The molecule has 1 radical (unpaired) electrons. The van der Waals surface area contributed by atoms with Crippen molar-refractivity contribution in [1.29, 1.82) is 0 Å². The molecule has 0 unspecified atom stereocenters. The molecule has 23 heavy (non-hydrogen) atoms. The third kappa shape index (κ3) is 6.82. The first kappa shape index (κ1) is 21.8. The van der Waals surface area contributed by atoms with E-state index in [2.05, 4.69) is 0 Å². The molecule has 0 aliphatic carbocycles. The molecule has 0 N–H and O–H groups in total. The van der Waals surface area contributed by atoms with Crippen LogP contribution in [0.5, 0.6) is 0 Å². The summed E-state index contributed by atoms with van der Waals surface area (Å²) in [7, 11) is -8.57. The maximum atomic E-state index is 10.5. The minimum atomic E-state index is -4.28. The van der Waals surface area contributed by atoms with Crippen LogP contribution in [0.25, 0.3) is 0 Å². The predicted octanol–water partition coefficient (Wildman–Crippen LogP) is 1.80. The molecule has 0 aliphatic rings. The van der Waals surface area contributed by atoms with E-state index in [0.717, 1.165) is 0 Å². The van der Waals surface area contributed by atoms with Crippen LogP contribution in [0.4, 0.5) is 0 Å². The molecular formula is C14H14CuO6S2. The van der Waals surface area contributed by atoms with Gasteiger partial charge in [-0.15, -0.1) is 0 Å². The number of aryl methyl sites for hydroxylation is 2. The summed E-state index contributed by atoms with van der Waals surface area (Å²) in [5.74, 6) is 0. The van der Waals surface area contributed by atoms with Gasteiger partial charge in [0.2, 0.25) is 0 Å². The first-order chi connectivity index (χ1) is 10.0. The number of hydrogen-bond donors (Lipinski definition) is 0. The van der Waals surface area contributed by atoms with Gasteiger partial charge in [-0.05, 0) is 37.1 Å². The molecule has 9 heteroatoms. The second-order valence-corrected chi connectivity index (χ2v) is 7.14. The molecule has 2 aromatic rings. The van der Waals surface area contributed by atoms with Crippen LogP contribution >= 0.6 is 0 Å². The van der Waals surface area contributed by atoms with E-state index in [1.807, 2.05) is 0 Å². The zero-order valence-electron chi connectivity index (χ0n) is 12.2. The van der Waals surface area contributed by atoms with Crippen LogP contribution in [-0.4, -0.2) is 25.9 Å². The Bertz CT molecular complexity index is 787. The van der Waals surface area contributed by atoms with E-state index in [9.17, 15) is 25.9 Å². The van der Waals surface area contributed by atoms with Crippen LogP contribution in [-0.2, 0) is 37.3 Å². The Hall–Kier alpha value is -1.22. The van der Waals surface area contributed by atoms with Crippen LogP contribution in [0.2, 0.25) is 0 Å². The molecule has 0 heterocycles. The van der Waals surface area contributed by atoms with E-state index >= 15 is 0 Å². The second-order valence-electron chi connectivity index (χ2n) is 4.44. The topological polar surface area (TPSA) is 114 Å². The molecule has 0 aliphatic heterocycles. The second kappa shape index (κ2) is 8.58. The molecule has 0 saturated carbocycles. The molecule has 0 aromatic heterocycles. The molecule has 2 rings (SSSR count). The van der Waals surface area contributed by atoms with E-state index in [0.29, 0.717) is 11.1 Å². The van der Waals surface area contributed by atoms with Gasteiger partial charge in [-0.3, -0.25) is 0 Å². The van der Waals surface area contributed by atoms with Gasteiger partial charge >= 0.3 is 17.1 Å². The van der Waals surface area contributed by atoms with Crippen molar-refractivity contribution >= 4 is 20.2 Å². The summed E-state index contributed by atoms with van der Waals surface area (Å²) in [5, 5.41) is 0. The van der Waals surface area contributed by atoms with Crippen molar-refractivity contribution in [2.24, 2.45) is 0 Å². The first-order valence-electron chi connectivity index (χ1n) is 6.06. The maximum Gasteiger partial charge on any atom is 2.00 e. The Morgan fingerprint density at radius 2 is 0.913 bits per heavy atom. The molecule has 0 bridgehead atoms. The van der Waals surface area contributed by atoms with Crippen LogP contribution in [0, 0.1) is 13.8 Å². The van der Waals surface area contributed by atoms with Crippen LogP contribution < -0.4 is 0 Å². The predicted molar refractivity (Wildman–Crippen MR) is 78.3 cm³/mol. The van der Waals surface area contributed by atoms with Crippen molar-refractivity contribution in [3.63, 3.8) is 0 Å². The molecule has 0 amide bonds. The third-order valence-corrected chi connectivity index (χ3v) is 4.72. The van der Waals surface area contributed by atoms with E-state index in [4.69, 9.17) is 0 Å². The average molecular weight is 406 g/mol. The van der Waals surface area contributed by atoms with E-state index in [1.54, 1.807) is 38.1 Å². The van der Waals surface area contributed by atoms with Gasteiger partial charge in [0, 0.05) is 0 Å². The van der Waals surface area contributed by atoms with E-state index in [-0.39, 0.29) is 26.9 Å². The van der Waals surface area contributed by atoms with Crippen molar-refractivity contribution in [3.8, 4) is 0 Å². The van der Waals surface area contributed by atoms with Crippen LogP contribution in [0.15, 0.2) is 58.3 Å². The van der Waals surface area contributed by atoms with Crippen molar-refractivity contribution in [2.75, 3.05) is 0 Å². The Labute approximate surface area is 146 Å². The van der Waals surface area contributed by atoms with Gasteiger partial charge in [-0.25, -0.2) is 16.8 Å². The molecule has 129 valence electrons. The van der Waals surface area contributed by atoms with Gasteiger partial charge in [-0.2, -0.15) is 0 Å². The summed E-state index contributed by atoms with van der Waals surface area (Å²) in [6.07, 6.45) is 0. The van der Waals surface area contributed by atoms with Gasteiger partial charge < -0.3 is 9.11 Å². The molecule has 0 spiro atoms. The average Bonchev–Trinajstić information content (AvgIpc) is 2.37. The SMILES string of the molecule is Cc1ccccc1S(=O)(=O)[O-].Cc1ccccc1S(=O)(=O)[O-].[Cu+2]. The quantitative estimate of drug-likeness (QED) is 0.555. The third-order valence-electron chi connectivity index (χ3n) is 2.73. The summed E-state index contributed by atoms with van der Waals surface area (Å²) >= 11 is 0. The summed E-state index contributed by atoms with van der Waals surface area (Å²) in [6.45, 7) is 3.18. The van der Waals surface area contributed by atoms with Gasteiger partial charge in [0.25, 0.3) is 0 Å². The Balaban J connectivity index is 0.000000403. The van der Waals surface area contributed by atoms with Gasteiger partial charge in [0.15, 0.2) is 0 Å². The summed E-state index contributed by atoms with van der Waals surface area (Å²) < 4.78 is 63.0. The number of benzene rings is 2. The first-order valence-corrected chi connectivity index (χ1v) is 8.88. The van der Waals surface area contributed by atoms with Gasteiger partial charge in [-0.1, -0.05) is 36.4 Å². The van der Waals surface area contributed by atoms with Crippen molar-refractivity contribution in [2.45, 2.75) is 23.6 Å². The summed E-state index contributed by atoms with van der Waals surface area (Å²) in [5.41, 5.74) is 0.977. The molecule has 2 aromatic carbocycles. The van der Waals surface area contributed by atoms with Crippen molar-refractivity contribution < 1.29 is 43.0 Å². The Morgan fingerprint density at radius 3 is 1.09 bits per heavy atom. The maximum absolute atomic E-state index is 10.5. The number of hydrogen-bond acceptors (Lipinski definition) is 6. The normalized spacial score (nSPS) is 11.0. The van der Waals surface area contributed by atoms with Crippen LogP contribution in [0.3, 0.4) is 0 Å². The fraction of sp³-hybridized carbons (Fsp3) is 0.143. The standard InChI is InChI=1S/2C7H8O3S.Cu/c2*1-6-4-2-3-5-7(6)11(8,9)10;/h2*2-5H,1H3,(H,8,9,10);/q;;+2/p-2. The molecule has 0 saturated heterocycles. The summed E-state index contributed by atoms with van der Waals surface area (Å²) in [6, 6.07) is 12.2. The van der Waals surface area contributed by atoms with Crippen molar-refractivity contribution in [1.82, 2.24) is 0 Å².